The first kappa shape index (κ1) is 12.0. The number of hydrogen-bond donors (Lipinski definition) is 0. The van der Waals surface area contributed by atoms with Crippen molar-refractivity contribution in [3.05, 3.63) is 45.5 Å². The Morgan fingerprint density at radius 1 is 1.33 bits per heavy atom. The highest BCUT2D eigenvalue weighted by Crippen LogP contribution is 2.22. The molecule has 0 radical (unpaired) electrons. The molecule has 1 rings (SSSR count). The summed E-state index contributed by atoms with van der Waals surface area (Å²) in [7, 11) is 0. The van der Waals surface area contributed by atoms with Crippen LogP contribution in [0.5, 0.6) is 0 Å². The van der Waals surface area contributed by atoms with E-state index < -0.39 is 23.0 Å². The molecule has 0 fully saturated rings. The Balaban J connectivity index is 3.31. The first-order valence-corrected chi connectivity index (χ1v) is 5.05. The van der Waals surface area contributed by atoms with Crippen LogP contribution in [0.1, 0.15) is 24.2 Å². The number of rotatable bonds is 2. The summed E-state index contributed by atoms with van der Waals surface area (Å²) in [6.45, 7) is 3.37. The fourth-order valence-corrected chi connectivity index (χ4v) is 1.42. The average Bonchev–Trinajstić information content (AvgIpc) is 2.11. The molecule has 0 bridgehead atoms. The number of hydrogen-bond acceptors (Lipinski definition) is 1. The molecule has 0 unspecified atom stereocenters. The highest BCUT2D eigenvalue weighted by atomic mass is 79.9. The van der Waals surface area contributed by atoms with Crippen molar-refractivity contribution < 1.29 is 13.6 Å². The van der Waals surface area contributed by atoms with Gasteiger partial charge in [-0.15, -0.1) is 0 Å². The predicted octanol–water partition coefficient (Wildman–Crippen LogP) is 3.88. The first-order valence-electron chi connectivity index (χ1n) is 4.26. The van der Waals surface area contributed by atoms with Gasteiger partial charge >= 0.3 is 0 Å². The molecule has 0 atom stereocenters. The van der Waals surface area contributed by atoms with E-state index in [2.05, 4.69) is 15.9 Å². The van der Waals surface area contributed by atoms with Crippen molar-refractivity contribution in [3.8, 4) is 0 Å². The molecule has 0 amide bonds. The average molecular weight is 275 g/mol. The first-order chi connectivity index (χ1) is 6.93. The number of carbonyl (C=O) groups is 1. The maximum Gasteiger partial charge on any atom is 0.191 e. The fourth-order valence-electron chi connectivity index (χ4n) is 1.09. The molecular formula is C11H9BrF2O. The summed E-state index contributed by atoms with van der Waals surface area (Å²) in [6.07, 6.45) is 1.20. The van der Waals surface area contributed by atoms with Gasteiger partial charge in [-0.3, -0.25) is 4.79 Å². The second-order valence-corrected chi connectivity index (χ2v) is 4.16. The van der Waals surface area contributed by atoms with Crippen LogP contribution in [0.25, 0.3) is 0 Å². The van der Waals surface area contributed by atoms with Crippen molar-refractivity contribution in [1.82, 2.24) is 0 Å². The minimum atomic E-state index is -0.863. The lowest BCUT2D eigenvalue weighted by molar-refractivity contribution is 0.103. The topological polar surface area (TPSA) is 17.1 Å². The van der Waals surface area contributed by atoms with E-state index >= 15 is 0 Å². The molecule has 0 heterocycles. The van der Waals surface area contributed by atoms with E-state index in [9.17, 15) is 13.6 Å². The van der Waals surface area contributed by atoms with Crippen LogP contribution in [-0.4, -0.2) is 5.78 Å². The zero-order valence-electron chi connectivity index (χ0n) is 8.27. The summed E-state index contributed by atoms with van der Waals surface area (Å²) >= 11 is 2.90. The van der Waals surface area contributed by atoms with Crippen LogP contribution < -0.4 is 0 Å². The van der Waals surface area contributed by atoms with E-state index in [0.717, 1.165) is 6.07 Å². The normalized spacial score (nSPS) is 9.93. The smallest absolute Gasteiger partial charge is 0.191 e. The summed E-state index contributed by atoms with van der Waals surface area (Å²) in [6, 6.07) is 2.28. The van der Waals surface area contributed by atoms with Crippen molar-refractivity contribution in [1.29, 1.82) is 0 Å². The van der Waals surface area contributed by atoms with Crippen LogP contribution in [0.2, 0.25) is 0 Å². The van der Waals surface area contributed by atoms with Crippen LogP contribution >= 0.6 is 15.9 Å². The summed E-state index contributed by atoms with van der Waals surface area (Å²) in [5, 5.41) is 0. The molecule has 1 aromatic rings. The largest absolute Gasteiger partial charge is 0.289 e. The molecule has 0 spiro atoms. The number of halogens is 3. The Morgan fingerprint density at radius 3 is 2.47 bits per heavy atom. The fraction of sp³-hybridized carbons (Fsp3) is 0.182. The van der Waals surface area contributed by atoms with Crippen LogP contribution in [0.3, 0.4) is 0 Å². The molecule has 0 saturated heterocycles. The van der Waals surface area contributed by atoms with Crippen LogP contribution in [0.4, 0.5) is 8.78 Å². The molecule has 1 aromatic carbocycles. The van der Waals surface area contributed by atoms with Crippen molar-refractivity contribution >= 4 is 21.7 Å². The molecule has 80 valence electrons. The second kappa shape index (κ2) is 4.66. The van der Waals surface area contributed by atoms with Crippen molar-refractivity contribution in [2.75, 3.05) is 0 Å². The molecule has 0 aromatic heterocycles. The lowest BCUT2D eigenvalue weighted by Gasteiger charge is -2.02. The van der Waals surface area contributed by atoms with E-state index in [4.69, 9.17) is 0 Å². The second-order valence-electron chi connectivity index (χ2n) is 3.30. The molecule has 1 nitrogen and oxygen atoms in total. The van der Waals surface area contributed by atoms with Crippen LogP contribution in [0, 0.1) is 11.6 Å². The number of benzene rings is 1. The summed E-state index contributed by atoms with van der Waals surface area (Å²) in [5.74, 6) is -2.37. The third-order valence-corrected chi connectivity index (χ3v) is 2.32. The van der Waals surface area contributed by atoms with Gasteiger partial charge in [-0.05, 0) is 48.0 Å². The standard InChI is InChI=1S/C11H9BrF2O/c1-6(2)5-9(15)10-8(13)4-3-7(12)11(10)14/h3-5H,1-2H3. The monoisotopic (exact) mass is 274 g/mol. The minimum absolute atomic E-state index is 0.0782. The van der Waals surface area contributed by atoms with Gasteiger partial charge in [0.25, 0.3) is 0 Å². The lowest BCUT2D eigenvalue weighted by Crippen LogP contribution is -2.04. The quantitative estimate of drug-likeness (QED) is 0.455. The van der Waals surface area contributed by atoms with Gasteiger partial charge in [0.15, 0.2) is 11.6 Å². The van der Waals surface area contributed by atoms with Crippen LogP contribution in [-0.2, 0) is 0 Å². The van der Waals surface area contributed by atoms with Gasteiger partial charge in [0, 0.05) is 0 Å². The molecule has 15 heavy (non-hydrogen) atoms. The van der Waals surface area contributed by atoms with Gasteiger partial charge in [-0.1, -0.05) is 5.57 Å². The van der Waals surface area contributed by atoms with Gasteiger partial charge in [0.2, 0.25) is 0 Å². The number of carbonyl (C=O) groups excluding carboxylic acids is 1. The minimum Gasteiger partial charge on any atom is -0.289 e. The highest BCUT2D eigenvalue weighted by molar-refractivity contribution is 9.10. The number of ketones is 1. The third kappa shape index (κ3) is 2.72. The molecule has 0 aliphatic rings. The van der Waals surface area contributed by atoms with E-state index in [1.54, 1.807) is 13.8 Å². The maximum atomic E-state index is 13.4. The summed E-state index contributed by atoms with van der Waals surface area (Å²) < 4.78 is 26.7. The molecule has 0 saturated carbocycles. The van der Waals surface area contributed by atoms with Gasteiger partial charge < -0.3 is 0 Å². The van der Waals surface area contributed by atoms with E-state index in [1.165, 1.54) is 12.1 Å². The van der Waals surface area contributed by atoms with Crippen molar-refractivity contribution in [2.45, 2.75) is 13.8 Å². The van der Waals surface area contributed by atoms with Gasteiger partial charge in [0.1, 0.15) is 5.82 Å². The molecule has 0 aliphatic carbocycles. The number of allylic oxidation sites excluding steroid dienone is 2. The third-order valence-electron chi connectivity index (χ3n) is 1.71. The van der Waals surface area contributed by atoms with Crippen molar-refractivity contribution in [3.63, 3.8) is 0 Å². The molecule has 0 aliphatic heterocycles. The van der Waals surface area contributed by atoms with E-state index in [1.807, 2.05) is 0 Å². The Morgan fingerprint density at radius 2 is 1.93 bits per heavy atom. The predicted molar refractivity (Wildman–Crippen MR) is 57.8 cm³/mol. The highest BCUT2D eigenvalue weighted by Gasteiger charge is 2.17. The van der Waals surface area contributed by atoms with Crippen LogP contribution in [0.15, 0.2) is 28.3 Å². The summed E-state index contributed by atoms with van der Waals surface area (Å²) in [5.41, 5.74) is 0.171. The molecule has 4 heteroatoms. The maximum absolute atomic E-state index is 13.4. The SMILES string of the molecule is CC(C)=CC(=O)c1c(F)ccc(Br)c1F. The Bertz CT molecular complexity index is 434. The lowest BCUT2D eigenvalue weighted by atomic mass is 10.1. The molecular weight excluding hydrogens is 266 g/mol. The Hall–Kier alpha value is -1.03. The zero-order chi connectivity index (χ0) is 11.6. The zero-order valence-corrected chi connectivity index (χ0v) is 9.86. The Kier molecular flexibility index (Phi) is 3.74. The van der Waals surface area contributed by atoms with Gasteiger partial charge in [-0.25, -0.2) is 8.78 Å². The van der Waals surface area contributed by atoms with E-state index in [0.29, 0.717) is 5.57 Å². The van der Waals surface area contributed by atoms with Gasteiger partial charge in [-0.2, -0.15) is 0 Å². The van der Waals surface area contributed by atoms with E-state index in [-0.39, 0.29) is 4.47 Å². The Labute approximate surface area is 94.9 Å². The molecule has 0 N–H and O–H groups in total. The van der Waals surface area contributed by atoms with Crippen molar-refractivity contribution in [2.24, 2.45) is 0 Å². The van der Waals surface area contributed by atoms with Gasteiger partial charge in [0.05, 0.1) is 10.0 Å². The summed E-state index contributed by atoms with van der Waals surface area (Å²) in [4.78, 5) is 11.5.